The highest BCUT2D eigenvalue weighted by Gasteiger charge is 2.21. The molecule has 3 aromatic rings. The van der Waals surface area contributed by atoms with E-state index in [1.807, 2.05) is 30.3 Å². The van der Waals surface area contributed by atoms with Crippen molar-refractivity contribution in [1.29, 1.82) is 0 Å². The lowest BCUT2D eigenvalue weighted by molar-refractivity contribution is 0.101. The predicted molar refractivity (Wildman–Crippen MR) is 123 cm³/mol. The van der Waals surface area contributed by atoms with E-state index in [1.54, 1.807) is 24.3 Å². The zero-order valence-corrected chi connectivity index (χ0v) is 18.6. The van der Waals surface area contributed by atoms with E-state index in [9.17, 15) is 18.0 Å². The van der Waals surface area contributed by atoms with Gasteiger partial charge >= 0.3 is 0 Å². The number of sulfonamides is 1. The van der Waals surface area contributed by atoms with Crippen molar-refractivity contribution in [3.05, 3.63) is 89.5 Å². The minimum absolute atomic E-state index is 0.125. The van der Waals surface area contributed by atoms with Crippen molar-refractivity contribution < 1.29 is 22.7 Å². The van der Waals surface area contributed by atoms with Gasteiger partial charge in [-0.3, -0.25) is 9.59 Å². The van der Waals surface area contributed by atoms with Crippen LogP contribution in [0, 0.1) is 0 Å². The van der Waals surface area contributed by atoms with Crippen LogP contribution in [-0.2, 0) is 16.4 Å². The summed E-state index contributed by atoms with van der Waals surface area (Å²) in [7, 11) is -2.55. The molecule has 0 fully saturated rings. The van der Waals surface area contributed by atoms with Gasteiger partial charge in [0.1, 0.15) is 10.6 Å². The van der Waals surface area contributed by atoms with Gasteiger partial charge in [0.2, 0.25) is 10.0 Å². The molecule has 3 rings (SSSR count). The van der Waals surface area contributed by atoms with Gasteiger partial charge in [0, 0.05) is 23.4 Å². The molecule has 2 N–H and O–H groups in total. The first kappa shape index (κ1) is 23.2. The maximum atomic E-state index is 12.9. The Balaban J connectivity index is 1.78. The number of amides is 1. The van der Waals surface area contributed by atoms with Gasteiger partial charge in [-0.1, -0.05) is 42.5 Å². The Bertz CT molecular complexity index is 1220. The fraction of sp³-hybridized carbons (Fsp3) is 0.167. The van der Waals surface area contributed by atoms with Crippen molar-refractivity contribution in [3.63, 3.8) is 0 Å². The molecule has 0 unspecified atom stereocenters. The highest BCUT2D eigenvalue weighted by Crippen LogP contribution is 2.25. The van der Waals surface area contributed by atoms with Crippen molar-refractivity contribution in [2.75, 3.05) is 19.0 Å². The standard InChI is InChI=1S/C24H24N2O5S/c1-17(27)19-9-6-10-21(15-19)26-24(28)20-11-12-22(31-2)23(16-20)32(29,30)25-14-13-18-7-4-3-5-8-18/h3-12,15-16,25H,13-14H2,1-2H3,(H,26,28). The van der Waals surface area contributed by atoms with Gasteiger partial charge in [0.25, 0.3) is 5.91 Å². The van der Waals surface area contributed by atoms with E-state index in [4.69, 9.17) is 4.74 Å². The number of Topliss-reactive ketones (excluding diaryl/α,β-unsaturated/α-hetero) is 1. The Morgan fingerprint density at radius 1 is 0.906 bits per heavy atom. The Hall–Kier alpha value is -3.49. The number of benzene rings is 3. The lowest BCUT2D eigenvalue weighted by Gasteiger charge is -2.13. The third-order valence-electron chi connectivity index (χ3n) is 4.79. The number of hydrogen-bond donors (Lipinski definition) is 2. The number of hydrogen-bond acceptors (Lipinski definition) is 5. The molecule has 166 valence electrons. The number of ketones is 1. The lowest BCUT2D eigenvalue weighted by atomic mass is 10.1. The molecule has 1 amide bonds. The highest BCUT2D eigenvalue weighted by molar-refractivity contribution is 7.89. The Labute approximate surface area is 187 Å². The monoisotopic (exact) mass is 452 g/mol. The fourth-order valence-corrected chi connectivity index (χ4v) is 4.32. The molecule has 0 aliphatic rings. The van der Waals surface area contributed by atoms with E-state index in [-0.39, 0.29) is 28.5 Å². The fourth-order valence-electron chi connectivity index (χ4n) is 3.10. The second-order valence-electron chi connectivity index (χ2n) is 7.09. The molecule has 0 aliphatic heterocycles. The van der Waals surface area contributed by atoms with E-state index in [1.165, 1.54) is 32.2 Å². The molecule has 8 heteroatoms. The zero-order chi connectivity index (χ0) is 23.1. The van der Waals surface area contributed by atoms with Crippen molar-refractivity contribution >= 4 is 27.4 Å². The van der Waals surface area contributed by atoms with Crippen molar-refractivity contribution in [3.8, 4) is 5.75 Å². The summed E-state index contributed by atoms with van der Waals surface area (Å²) in [5, 5.41) is 2.69. The Morgan fingerprint density at radius 2 is 1.66 bits per heavy atom. The van der Waals surface area contributed by atoms with Gasteiger partial charge < -0.3 is 10.1 Å². The summed E-state index contributed by atoms with van der Waals surface area (Å²) in [4.78, 5) is 24.1. The summed E-state index contributed by atoms with van der Waals surface area (Å²) < 4.78 is 33.5. The topological polar surface area (TPSA) is 102 Å². The molecule has 7 nitrogen and oxygen atoms in total. The lowest BCUT2D eigenvalue weighted by Crippen LogP contribution is -2.27. The third-order valence-corrected chi connectivity index (χ3v) is 6.27. The van der Waals surface area contributed by atoms with Gasteiger partial charge in [-0.05, 0) is 49.2 Å². The van der Waals surface area contributed by atoms with Crippen LogP contribution in [0.3, 0.4) is 0 Å². The first-order chi connectivity index (χ1) is 15.3. The summed E-state index contributed by atoms with van der Waals surface area (Å²) in [6.45, 7) is 1.64. The van der Waals surface area contributed by atoms with E-state index < -0.39 is 15.9 Å². The Kier molecular flexibility index (Phi) is 7.40. The third kappa shape index (κ3) is 5.81. The molecule has 0 aliphatic carbocycles. The molecule has 3 aromatic carbocycles. The van der Waals surface area contributed by atoms with E-state index in [0.29, 0.717) is 17.7 Å². The second kappa shape index (κ2) is 10.2. The number of carbonyl (C=O) groups is 2. The van der Waals surface area contributed by atoms with Crippen LogP contribution in [0.15, 0.2) is 77.7 Å². The highest BCUT2D eigenvalue weighted by atomic mass is 32.2. The molecule has 0 bridgehead atoms. The van der Waals surface area contributed by atoms with Crippen molar-refractivity contribution in [1.82, 2.24) is 4.72 Å². The van der Waals surface area contributed by atoms with Crippen LogP contribution in [0.25, 0.3) is 0 Å². The van der Waals surface area contributed by atoms with Crippen LogP contribution >= 0.6 is 0 Å². The van der Waals surface area contributed by atoms with Crippen LogP contribution in [0.2, 0.25) is 0 Å². The van der Waals surface area contributed by atoms with E-state index in [2.05, 4.69) is 10.0 Å². The second-order valence-corrected chi connectivity index (χ2v) is 8.83. The Morgan fingerprint density at radius 3 is 2.34 bits per heavy atom. The number of rotatable bonds is 9. The van der Waals surface area contributed by atoms with Crippen molar-refractivity contribution in [2.24, 2.45) is 0 Å². The molecule has 0 spiro atoms. The predicted octanol–water partition coefficient (Wildman–Crippen LogP) is 3.67. The van der Waals surface area contributed by atoms with Gasteiger partial charge in [-0.15, -0.1) is 0 Å². The molecule has 32 heavy (non-hydrogen) atoms. The molecule has 0 saturated heterocycles. The molecular weight excluding hydrogens is 428 g/mol. The van der Waals surface area contributed by atoms with Gasteiger partial charge in [0.05, 0.1) is 7.11 Å². The summed E-state index contributed by atoms with van der Waals surface area (Å²) in [5.74, 6) is -0.498. The summed E-state index contributed by atoms with van der Waals surface area (Å²) in [5.41, 5.74) is 2.04. The number of nitrogens with one attached hydrogen (secondary N) is 2. The van der Waals surface area contributed by atoms with E-state index >= 15 is 0 Å². The average Bonchev–Trinajstić information content (AvgIpc) is 2.79. The average molecular weight is 453 g/mol. The molecule has 0 atom stereocenters. The van der Waals surface area contributed by atoms with E-state index in [0.717, 1.165) is 5.56 Å². The summed E-state index contributed by atoms with van der Waals surface area (Å²) >= 11 is 0. The van der Waals surface area contributed by atoms with Gasteiger partial charge in [-0.2, -0.15) is 0 Å². The minimum atomic E-state index is -3.92. The largest absolute Gasteiger partial charge is 0.495 e. The maximum Gasteiger partial charge on any atom is 0.255 e. The molecule has 0 aromatic heterocycles. The quantitative estimate of drug-likeness (QED) is 0.483. The molecule has 0 heterocycles. The smallest absolute Gasteiger partial charge is 0.255 e. The zero-order valence-electron chi connectivity index (χ0n) is 17.8. The van der Waals surface area contributed by atoms with Crippen molar-refractivity contribution in [2.45, 2.75) is 18.2 Å². The minimum Gasteiger partial charge on any atom is -0.495 e. The number of anilines is 1. The van der Waals surface area contributed by atoms with Crippen LogP contribution in [0.4, 0.5) is 5.69 Å². The summed E-state index contributed by atoms with van der Waals surface area (Å²) in [6.07, 6.45) is 0.523. The van der Waals surface area contributed by atoms with Crippen LogP contribution in [-0.4, -0.2) is 33.8 Å². The SMILES string of the molecule is COc1ccc(C(=O)Nc2cccc(C(C)=O)c2)cc1S(=O)(=O)NCCc1ccccc1. The molecule has 0 radical (unpaired) electrons. The van der Waals surface area contributed by atoms with Gasteiger partial charge in [-0.25, -0.2) is 13.1 Å². The number of ether oxygens (including phenoxy) is 1. The number of methoxy groups -OCH3 is 1. The van der Waals surface area contributed by atoms with Crippen LogP contribution in [0.1, 0.15) is 33.2 Å². The molecular formula is C24H24N2O5S. The first-order valence-corrected chi connectivity index (χ1v) is 11.4. The first-order valence-electron chi connectivity index (χ1n) is 9.94. The number of carbonyl (C=O) groups excluding carboxylic acids is 2. The van der Waals surface area contributed by atoms with Crippen LogP contribution < -0.4 is 14.8 Å². The normalized spacial score (nSPS) is 11.1. The van der Waals surface area contributed by atoms with Gasteiger partial charge in [0.15, 0.2) is 5.78 Å². The summed E-state index contributed by atoms with van der Waals surface area (Å²) in [6, 6.07) is 20.2. The maximum absolute atomic E-state index is 12.9. The van der Waals surface area contributed by atoms with Crippen LogP contribution in [0.5, 0.6) is 5.75 Å². The molecule has 0 saturated carbocycles.